The molecular weight excluding hydrogens is 290 g/mol. The van der Waals surface area contributed by atoms with Crippen molar-refractivity contribution in [3.05, 3.63) is 34.8 Å². The van der Waals surface area contributed by atoms with E-state index < -0.39 is 16.1 Å². The number of hydrogen-bond donors (Lipinski definition) is 0. The zero-order chi connectivity index (χ0) is 12.6. The molecule has 1 aromatic heterocycles. The molecule has 1 aromatic rings. The van der Waals surface area contributed by atoms with Crippen LogP contribution in [0.15, 0.2) is 18.2 Å². The third-order valence-corrected chi connectivity index (χ3v) is 10.7. The fraction of sp³-hybridized carbons (Fsp3) is 0.538. The van der Waals surface area contributed by atoms with Crippen LogP contribution in [0.1, 0.15) is 11.4 Å². The van der Waals surface area contributed by atoms with E-state index in [1.807, 2.05) is 0 Å². The van der Waals surface area contributed by atoms with Gasteiger partial charge in [-0.25, -0.2) is 0 Å². The Kier molecular flexibility index (Phi) is 5.73. The van der Waals surface area contributed by atoms with Gasteiger partial charge in [-0.05, 0) is 23.1 Å². The quantitative estimate of drug-likeness (QED) is 0.605. The molecule has 0 aliphatic rings. The standard InChI is InChI=1S/C13H24NSi2.Cu/c1-11-9-8-10-12(14-11)13(15(2,3)4)16(5,6)7;/h8-10H,1-7H3;/q-1;+1. The monoisotopic (exact) mass is 313 g/mol. The van der Waals surface area contributed by atoms with Crippen molar-refractivity contribution in [2.75, 3.05) is 0 Å². The van der Waals surface area contributed by atoms with Gasteiger partial charge in [-0.2, -0.15) is 11.2 Å². The van der Waals surface area contributed by atoms with Crippen molar-refractivity contribution in [3.63, 3.8) is 0 Å². The molecule has 0 radical (unpaired) electrons. The van der Waals surface area contributed by atoms with E-state index in [-0.39, 0.29) is 17.1 Å². The molecule has 0 aliphatic carbocycles. The molecule has 0 unspecified atom stereocenters. The molecule has 0 N–H and O–H groups in total. The number of aromatic nitrogens is 1. The van der Waals surface area contributed by atoms with Crippen LogP contribution in [-0.2, 0) is 17.1 Å². The average Bonchev–Trinajstić information content (AvgIpc) is 1.97. The van der Waals surface area contributed by atoms with Crippen LogP contribution in [0, 0.1) is 12.1 Å². The minimum atomic E-state index is -1.27. The predicted octanol–water partition coefficient (Wildman–Crippen LogP) is 4.06. The molecule has 0 amide bonds. The molecule has 0 atom stereocenters. The van der Waals surface area contributed by atoms with E-state index in [1.54, 1.807) is 5.16 Å². The van der Waals surface area contributed by atoms with Crippen LogP contribution in [0.2, 0.25) is 39.3 Å². The van der Waals surface area contributed by atoms with Gasteiger partial charge in [0.2, 0.25) is 0 Å². The fourth-order valence-corrected chi connectivity index (χ4v) is 13.4. The summed E-state index contributed by atoms with van der Waals surface area (Å²) in [4.78, 5) is 4.74. The molecule has 0 saturated carbocycles. The van der Waals surface area contributed by atoms with Crippen molar-refractivity contribution in [3.8, 4) is 0 Å². The summed E-state index contributed by atoms with van der Waals surface area (Å²) in [6.45, 7) is 16.7. The van der Waals surface area contributed by atoms with Crippen molar-refractivity contribution in [1.29, 1.82) is 0 Å². The maximum absolute atomic E-state index is 4.74. The van der Waals surface area contributed by atoms with Crippen LogP contribution >= 0.6 is 0 Å². The first-order valence-corrected chi connectivity index (χ1v) is 12.9. The van der Waals surface area contributed by atoms with E-state index in [1.165, 1.54) is 5.69 Å². The van der Waals surface area contributed by atoms with E-state index in [4.69, 9.17) is 4.98 Å². The van der Waals surface area contributed by atoms with Crippen molar-refractivity contribution in [1.82, 2.24) is 4.98 Å². The largest absolute Gasteiger partial charge is 1.00 e. The number of pyridine rings is 1. The Morgan fingerprint density at radius 3 is 1.76 bits per heavy atom. The first-order chi connectivity index (χ1) is 7.12. The molecule has 1 rings (SSSR count). The van der Waals surface area contributed by atoms with Crippen LogP contribution in [0.4, 0.5) is 0 Å². The van der Waals surface area contributed by atoms with Gasteiger partial charge in [0.25, 0.3) is 0 Å². The minimum Gasteiger partial charge on any atom is -0.292 e. The molecule has 17 heavy (non-hydrogen) atoms. The summed E-state index contributed by atoms with van der Waals surface area (Å²) in [5, 5.41) is 1.70. The normalized spacial score (nSPS) is 11.9. The summed E-state index contributed by atoms with van der Waals surface area (Å²) in [5.74, 6) is 0. The van der Waals surface area contributed by atoms with Crippen molar-refractivity contribution in [2.24, 2.45) is 0 Å². The van der Waals surface area contributed by atoms with Crippen LogP contribution in [0.25, 0.3) is 0 Å². The van der Waals surface area contributed by atoms with E-state index in [2.05, 4.69) is 64.4 Å². The number of hydrogen-bond acceptors (Lipinski definition) is 1. The number of nitrogens with zero attached hydrogens (tertiary/aromatic N) is 1. The van der Waals surface area contributed by atoms with E-state index in [0.29, 0.717) is 0 Å². The van der Waals surface area contributed by atoms with Gasteiger partial charge >= 0.3 is 17.1 Å². The maximum atomic E-state index is 4.74. The Morgan fingerprint density at radius 1 is 0.941 bits per heavy atom. The van der Waals surface area contributed by atoms with Gasteiger partial charge in [0.15, 0.2) is 0 Å². The summed E-state index contributed by atoms with van der Waals surface area (Å²) < 4.78 is 0. The molecular formula is C13H24CuNSi2. The molecule has 0 saturated heterocycles. The van der Waals surface area contributed by atoms with Crippen LogP contribution in [0.3, 0.4) is 0 Å². The van der Waals surface area contributed by atoms with Crippen molar-refractivity contribution < 1.29 is 17.1 Å². The van der Waals surface area contributed by atoms with Crippen molar-refractivity contribution in [2.45, 2.75) is 46.2 Å². The van der Waals surface area contributed by atoms with Gasteiger partial charge in [0, 0.05) is 5.69 Å². The van der Waals surface area contributed by atoms with Gasteiger partial charge in [-0.15, -0.1) is 6.07 Å². The van der Waals surface area contributed by atoms with E-state index in [9.17, 15) is 0 Å². The number of aryl methyl sites for hydroxylation is 1. The molecule has 0 bridgehead atoms. The van der Waals surface area contributed by atoms with Gasteiger partial charge in [0.05, 0.1) is 0 Å². The van der Waals surface area contributed by atoms with E-state index in [0.717, 1.165) is 5.69 Å². The molecule has 1 nitrogen and oxygen atoms in total. The Balaban J connectivity index is 0.00000256. The molecule has 100 valence electrons. The van der Waals surface area contributed by atoms with Gasteiger partial charge < -0.3 is 0 Å². The smallest absolute Gasteiger partial charge is 0.292 e. The Hall–Kier alpha value is -0.0268. The molecule has 4 heteroatoms. The second kappa shape index (κ2) is 5.74. The Bertz CT molecular complexity index is 352. The second-order valence-electron chi connectivity index (χ2n) is 6.54. The van der Waals surface area contributed by atoms with Crippen LogP contribution in [0.5, 0.6) is 0 Å². The van der Waals surface area contributed by atoms with Crippen molar-refractivity contribution >= 4 is 16.1 Å². The predicted molar refractivity (Wildman–Crippen MR) is 78.0 cm³/mol. The molecule has 0 aromatic carbocycles. The van der Waals surface area contributed by atoms with Gasteiger partial charge in [-0.1, -0.05) is 51.0 Å². The van der Waals surface area contributed by atoms with Crippen LogP contribution < -0.4 is 0 Å². The molecule has 1 heterocycles. The summed E-state index contributed by atoms with van der Waals surface area (Å²) in [7, 11) is -2.54. The summed E-state index contributed by atoms with van der Waals surface area (Å²) >= 11 is 0. The van der Waals surface area contributed by atoms with Gasteiger partial charge in [0.1, 0.15) is 0 Å². The topological polar surface area (TPSA) is 12.9 Å². The Labute approximate surface area is 119 Å². The van der Waals surface area contributed by atoms with E-state index >= 15 is 0 Å². The SMILES string of the molecule is Cc1cccc([C-]([Si](C)(C)C)[Si](C)(C)C)n1.[Cu+]. The molecule has 0 fully saturated rings. The zero-order valence-corrected chi connectivity index (χ0v) is 14.9. The average molecular weight is 314 g/mol. The third kappa shape index (κ3) is 4.62. The summed E-state index contributed by atoms with van der Waals surface area (Å²) in [6.07, 6.45) is 0. The third-order valence-electron chi connectivity index (χ3n) is 2.64. The first kappa shape index (κ1) is 17.0. The number of rotatable bonds is 3. The molecule has 0 aliphatic heterocycles. The van der Waals surface area contributed by atoms with Gasteiger partial charge in [-0.3, -0.25) is 4.98 Å². The zero-order valence-electron chi connectivity index (χ0n) is 12.0. The fourth-order valence-electron chi connectivity index (χ4n) is 2.58. The summed E-state index contributed by atoms with van der Waals surface area (Å²) in [5.41, 5.74) is 2.39. The molecule has 0 spiro atoms. The second-order valence-corrected chi connectivity index (χ2v) is 17.0. The summed E-state index contributed by atoms with van der Waals surface area (Å²) in [6, 6.07) is 6.41. The van der Waals surface area contributed by atoms with Crippen LogP contribution in [-0.4, -0.2) is 21.1 Å². The Morgan fingerprint density at radius 2 is 1.41 bits per heavy atom. The maximum Gasteiger partial charge on any atom is 1.00 e. The minimum absolute atomic E-state index is 0. The first-order valence-electron chi connectivity index (χ1n) is 5.94.